The van der Waals surface area contributed by atoms with Gasteiger partial charge in [-0.3, -0.25) is 9.36 Å². The fourth-order valence-corrected chi connectivity index (χ4v) is 2.54. The van der Waals surface area contributed by atoms with E-state index in [4.69, 9.17) is 5.21 Å². The second-order valence-corrected chi connectivity index (χ2v) is 4.90. The molecule has 5 heteroatoms. The molecule has 0 amide bonds. The monoisotopic (exact) mass is 294 g/mol. The van der Waals surface area contributed by atoms with Crippen LogP contribution in [-0.4, -0.2) is 20.6 Å². The van der Waals surface area contributed by atoms with Gasteiger partial charge in [-0.05, 0) is 31.2 Å². The van der Waals surface area contributed by atoms with E-state index in [9.17, 15) is 9.90 Å². The number of rotatable bonds is 2. The van der Waals surface area contributed by atoms with Gasteiger partial charge in [-0.25, -0.2) is 0 Å². The molecule has 3 rings (SSSR count). The highest BCUT2D eigenvalue weighted by atomic mass is 16.4. The molecule has 22 heavy (non-hydrogen) atoms. The average molecular weight is 294 g/mol. The molecule has 2 N–H and O–H groups in total. The third-order valence-electron chi connectivity index (χ3n) is 3.58. The third kappa shape index (κ3) is 2.03. The van der Waals surface area contributed by atoms with Gasteiger partial charge in [0.05, 0.1) is 11.2 Å². The van der Waals surface area contributed by atoms with E-state index in [1.165, 1.54) is 11.5 Å². The first-order chi connectivity index (χ1) is 10.6. The first kappa shape index (κ1) is 13.9. The minimum Gasteiger partial charge on any atom is -0.506 e. The first-order valence-electron chi connectivity index (χ1n) is 6.76. The van der Waals surface area contributed by atoms with Crippen LogP contribution in [0.2, 0.25) is 0 Å². The molecule has 1 aromatic heterocycles. The van der Waals surface area contributed by atoms with E-state index < -0.39 is 5.56 Å². The number of para-hydroxylation sites is 2. The largest absolute Gasteiger partial charge is 0.506 e. The van der Waals surface area contributed by atoms with Crippen molar-refractivity contribution >= 4 is 16.6 Å². The van der Waals surface area contributed by atoms with Crippen LogP contribution in [-0.2, 0) is 0 Å². The van der Waals surface area contributed by atoms with Crippen molar-refractivity contribution in [2.24, 2.45) is 5.16 Å². The third-order valence-corrected chi connectivity index (χ3v) is 3.58. The standard InChI is InChI=1S/C17H14N2O3/c1-11(18-22)15-16(20)13-9-5-6-10-14(13)19(17(15)21)12-7-3-2-4-8-12/h2-10,20,22H,1H3/b18-11+. The number of pyridine rings is 1. The fraction of sp³-hybridized carbons (Fsp3) is 0.0588. The quantitative estimate of drug-likeness (QED) is 0.433. The molecule has 5 nitrogen and oxygen atoms in total. The predicted molar refractivity (Wildman–Crippen MR) is 85.2 cm³/mol. The number of aromatic nitrogens is 1. The van der Waals surface area contributed by atoms with E-state index in [0.717, 1.165) is 0 Å². The maximum absolute atomic E-state index is 12.8. The Bertz CT molecular complexity index is 928. The van der Waals surface area contributed by atoms with E-state index in [1.807, 2.05) is 18.2 Å². The number of aromatic hydroxyl groups is 1. The zero-order chi connectivity index (χ0) is 15.7. The summed E-state index contributed by atoms with van der Waals surface area (Å²) in [4.78, 5) is 12.8. The van der Waals surface area contributed by atoms with Gasteiger partial charge >= 0.3 is 0 Å². The zero-order valence-electron chi connectivity index (χ0n) is 11.9. The SMILES string of the molecule is C/C(=N\O)c1c(O)c2ccccc2n(-c2ccccc2)c1=O. The highest BCUT2D eigenvalue weighted by molar-refractivity contribution is 6.05. The van der Waals surface area contributed by atoms with Crippen molar-refractivity contribution in [3.63, 3.8) is 0 Å². The summed E-state index contributed by atoms with van der Waals surface area (Å²) in [7, 11) is 0. The van der Waals surface area contributed by atoms with Crippen molar-refractivity contribution in [2.75, 3.05) is 0 Å². The lowest BCUT2D eigenvalue weighted by Crippen LogP contribution is -2.25. The van der Waals surface area contributed by atoms with Crippen molar-refractivity contribution < 1.29 is 10.3 Å². The Labute approximate surface area is 126 Å². The summed E-state index contributed by atoms with van der Waals surface area (Å²) in [5.41, 5.74) is 0.891. The van der Waals surface area contributed by atoms with Crippen molar-refractivity contribution in [3.05, 3.63) is 70.5 Å². The lowest BCUT2D eigenvalue weighted by molar-refractivity contribution is 0.318. The van der Waals surface area contributed by atoms with Crippen LogP contribution in [0.3, 0.4) is 0 Å². The summed E-state index contributed by atoms with van der Waals surface area (Å²) in [6.07, 6.45) is 0. The van der Waals surface area contributed by atoms with Crippen LogP contribution in [0, 0.1) is 0 Å². The molecule has 0 saturated carbocycles. The molecule has 0 aliphatic rings. The van der Waals surface area contributed by atoms with Crippen molar-refractivity contribution in [3.8, 4) is 11.4 Å². The van der Waals surface area contributed by atoms with E-state index in [1.54, 1.807) is 36.4 Å². The molecule has 0 atom stereocenters. The number of hydrogen-bond donors (Lipinski definition) is 2. The molecule has 0 spiro atoms. The molecule has 0 aliphatic carbocycles. The predicted octanol–water partition coefficient (Wildman–Crippen LogP) is 2.89. The molecular formula is C17H14N2O3. The molecule has 3 aromatic rings. The molecular weight excluding hydrogens is 280 g/mol. The Hall–Kier alpha value is -3.08. The molecule has 0 bridgehead atoms. The van der Waals surface area contributed by atoms with Gasteiger partial charge < -0.3 is 10.3 Å². The molecule has 0 unspecified atom stereocenters. The smallest absolute Gasteiger partial charge is 0.268 e. The molecule has 1 heterocycles. The Morgan fingerprint density at radius 1 is 1.05 bits per heavy atom. The van der Waals surface area contributed by atoms with E-state index in [0.29, 0.717) is 16.6 Å². The Kier molecular flexibility index (Phi) is 3.39. The average Bonchev–Trinajstić information content (AvgIpc) is 2.56. The van der Waals surface area contributed by atoms with Crippen molar-refractivity contribution in [1.29, 1.82) is 0 Å². The summed E-state index contributed by atoms with van der Waals surface area (Å²) in [6.45, 7) is 1.47. The lowest BCUT2D eigenvalue weighted by Gasteiger charge is -2.14. The van der Waals surface area contributed by atoms with Crippen LogP contribution in [0.25, 0.3) is 16.6 Å². The van der Waals surface area contributed by atoms with Crippen LogP contribution in [0.5, 0.6) is 5.75 Å². The normalized spacial score (nSPS) is 11.8. The lowest BCUT2D eigenvalue weighted by atomic mass is 10.1. The second kappa shape index (κ2) is 5.37. The molecule has 0 radical (unpaired) electrons. The molecule has 110 valence electrons. The number of oxime groups is 1. The van der Waals surface area contributed by atoms with Gasteiger partial charge in [-0.1, -0.05) is 35.5 Å². The Morgan fingerprint density at radius 3 is 2.36 bits per heavy atom. The van der Waals surface area contributed by atoms with Gasteiger partial charge in [-0.15, -0.1) is 0 Å². The minimum atomic E-state index is -0.433. The van der Waals surface area contributed by atoms with Crippen LogP contribution < -0.4 is 5.56 Å². The fourth-order valence-electron chi connectivity index (χ4n) is 2.54. The highest BCUT2D eigenvalue weighted by Gasteiger charge is 2.19. The minimum absolute atomic E-state index is 0.00921. The zero-order valence-corrected chi connectivity index (χ0v) is 11.9. The van der Waals surface area contributed by atoms with Crippen molar-refractivity contribution in [2.45, 2.75) is 6.92 Å². The van der Waals surface area contributed by atoms with Gasteiger partial charge in [-0.2, -0.15) is 0 Å². The molecule has 2 aromatic carbocycles. The van der Waals surface area contributed by atoms with Gasteiger partial charge in [0.2, 0.25) is 0 Å². The van der Waals surface area contributed by atoms with Crippen LogP contribution >= 0.6 is 0 Å². The Morgan fingerprint density at radius 2 is 1.68 bits per heavy atom. The number of fused-ring (bicyclic) bond motifs is 1. The summed E-state index contributed by atoms with van der Waals surface area (Å²) in [6, 6.07) is 16.2. The topological polar surface area (TPSA) is 74.8 Å². The van der Waals surface area contributed by atoms with E-state index in [-0.39, 0.29) is 17.0 Å². The maximum Gasteiger partial charge on any atom is 0.268 e. The number of hydrogen-bond acceptors (Lipinski definition) is 4. The summed E-state index contributed by atoms with van der Waals surface area (Å²) >= 11 is 0. The Balaban J connectivity index is 2.54. The number of benzene rings is 2. The highest BCUT2D eigenvalue weighted by Crippen LogP contribution is 2.28. The molecule has 0 aliphatic heterocycles. The van der Waals surface area contributed by atoms with E-state index >= 15 is 0 Å². The van der Waals surface area contributed by atoms with Crippen LogP contribution in [0.1, 0.15) is 12.5 Å². The van der Waals surface area contributed by atoms with Crippen molar-refractivity contribution in [1.82, 2.24) is 4.57 Å². The van der Waals surface area contributed by atoms with Gasteiger partial charge in [0.25, 0.3) is 5.56 Å². The van der Waals surface area contributed by atoms with Crippen LogP contribution in [0.15, 0.2) is 64.5 Å². The van der Waals surface area contributed by atoms with Crippen LogP contribution in [0.4, 0.5) is 0 Å². The number of nitrogens with zero attached hydrogens (tertiary/aromatic N) is 2. The van der Waals surface area contributed by atoms with Gasteiger partial charge in [0.15, 0.2) is 0 Å². The van der Waals surface area contributed by atoms with E-state index in [2.05, 4.69) is 5.16 Å². The summed E-state index contributed by atoms with van der Waals surface area (Å²) in [5.74, 6) is -0.178. The molecule has 0 saturated heterocycles. The van der Waals surface area contributed by atoms with Gasteiger partial charge in [0.1, 0.15) is 11.3 Å². The first-order valence-corrected chi connectivity index (χ1v) is 6.76. The summed E-state index contributed by atoms with van der Waals surface area (Å²) < 4.78 is 1.50. The maximum atomic E-state index is 12.8. The molecule has 0 fully saturated rings. The van der Waals surface area contributed by atoms with Gasteiger partial charge in [0, 0.05) is 11.1 Å². The second-order valence-electron chi connectivity index (χ2n) is 4.90. The summed E-state index contributed by atoms with van der Waals surface area (Å²) in [5, 5.41) is 23.0.